The van der Waals surface area contributed by atoms with Crippen LogP contribution in [0.5, 0.6) is 0 Å². The van der Waals surface area contributed by atoms with Gasteiger partial charge in [-0.15, -0.1) is 0 Å². The third kappa shape index (κ3) is 23.3. The van der Waals surface area contributed by atoms with Crippen LogP contribution in [-0.4, -0.2) is 52.2 Å². The van der Waals surface area contributed by atoms with Gasteiger partial charge in [0.15, 0.2) is 0 Å². The highest BCUT2D eigenvalue weighted by molar-refractivity contribution is 5.69. The van der Waals surface area contributed by atoms with Crippen LogP contribution in [-0.2, 0) is 23.7 Å². The fraction of sp³-hybridized carbons (Fsp3) is 0.955. The molecule has 0 fully saturated rings. The lowest BCUT2D eigenvalue weighted by atomic mass is 10.1. The summed E-state index contributed by atoms with van der Waals surface area (Å²) in [6.07, 6.45) is 13.9. The van der Waals surface area contributed by atoms with Gasteiger partial charge in [-0.3, -0.25) is 4.79 Å². The summed E-state index contributed by atoms with van der Waals surface area (Å²) in [6, 6.07) is 0. The smallest absolute Gasteiger partial charge is 0.305 e. The molecule has 0 aliphatic carbocycles. The van der Waals surface area contributed by atoms with Crippen molar-refractivity contribution in [2.45, 2.75) is 90.9 Å². The Labute approximate surface area is 167 Å². The first-order chi connectivity index (χ1) is 13.3. The minimum Gasteiger partial charge on any atom is -0.463 e. The number of ether oxygens (including phenoxy) is 4. The van der Waals surface area contributed by atoms with Crippen molar-refractivity contribution in [1.82, 2.24) is 0 Å². The van der Waals surface area contributed by atoms with Gasteiger partial charge in [-0.05, 0) is 12.8 Å². The van der Waals surface area contributed by atoms with Crippen molar-refractivity contribution >= 4 is 5.97 Å². The van der Waals surface area contributed by atoms with E-state index in [1.807, 2.05) is 0 Å². The van der Waals surface area contributed by atoms with Gasteiger partial charge < -0.3 is 18.9 Å². The van der Waals surface area contributed by atoms with Crippen molar-refractivity contribution < 1.29 is 23.7 Å². The average molecular weight is 389 g/mol. The Bertz CT molecular complexity index is 296. The predicted octanol–water partition coefficient (Wildman–Crippen LogP) is 5.30. The predicted molar refractivity (Wildman–Crippen MR) is 110 cm³/mol. The second-order valence-electron chi connectivity index (χ2n) is 6.99. The minimum absolute atomic E-state index is 0.117. The molecule has 0 aliphatic heterocycles. The van der Waals surface area contributed by atoms with Crippen LogP contribution in [0.25, 0.3) is 0 Å². The van der Waals surface area contributed by atoms with Crippen LogP contribution >= 0.6 is 0 Å². The summed E-state index contributed by atoms with van der Waals surface area (Å²) in [5.74, 6) is -0.117. The van der Waals surface area contributed by atoms with Gasteiger partial charge in [-0.2, -0.15) is 0 Å². The Morgan fingerprint density at radius 3 is 1.56 bits per heavy atom. The molecule has 0 spiro atoms. The van der Waals surface area contributed by atoms with Crippen molar-refractivity contribution in [2.75, 3.05) is 46.2 Å². The highest BCUT2D eigenvalue weighted by Gasteiger charge is 2.02. The number of carbonyl (C=O) groups is 1. The molecule has 0 saturated carbocycles. The van der Waals surface area contributed by atoms with Crippen molar-refractivity contribution in [3.05, 3.63) is 0 Å². The maximum absolute atomic E-state index is 11.5. The zero-order valence-electron chi connectivity index (χ0n) is 18.0. The topological polar surface area (TPSA) is 54.0 Å². The molecule has 0 saturated heterocycles. The van der Waals surface area contributed by atoms with Crippen molar-refractivity contribution in [3.8, 4) is 0 Å². The number of carbonyl (C=O) groups excluding carboxylic acids is 1. The normalized spacial score (nSPS) is 11.0. The molecule has 0 heterocycles. The number of esters is 1. The maximum Gasteiger partial charge on any atom is 0.305 e. The summed E-state index contributed by atoms with van der Waals surface area (Å²) in [7, 11) is 0. The first kappa shape index (κ1) is 26.4. The van der Waals surface area contributed by atoms with Crippen LogP contribution in [0.1, 0.15) is 90.9 Å². The van der Waals surface area contributed by atoms with Crippen LogP contribution < -0.4 is 0 Å². The van der Waals surface area contributed by atoms with E-state index in [-0.39, 0.29) is 5.97 Å². The average Bonchev–Trinajstić information content (AvgIpc) is 2.67. The third-order valence-electron chi connectivity index (χ3n) is 4.36. The standard InChI is InChI=1S/C22H44O5/c1-3-5-7-9-11-13-15-24-16-17-25-18-19-26-20-21-27-22(23)14-12-10-8-6-4-2/h3-21H2,1-2H3. The van der Waals surface area contributed by atoms with E-state index in [1.54, 1.807) is 0 Å². The fourth-order valence-electron chi connectivity index (χ4n) is 2.69. The van der Waals surface area contributed by atoms with Crippen LogP contribution in [0.4, 0.5) is 0 Å². The van der Waals surface area contributed by atoms with Gasteiger partial charge in [0, 0.05) is 13.0 Å². The van der Waals surface area contributed by atoms with Crippen molar-refractivity contribution in [1.29, 1.82) is 0 Å². The van der Waals surface area contributed by atoms with E-state index in [0.717, 1.165) is 25.9 Å². The lowest BCUT2D eigenvalue weighted by Crippen LogP contribution is -2.14. The Morgan fingerprint density at radius 1 is 0.519 bits per heavy atom. The second-order valence-corrected chi connectivity index (χ2v) is 6.99. The van der Waals surface area contributed by atoms with Gasteiger partial charge in [-0.1, -0.05) is 71.6 Å². The van der Waals surface area contributed by atoms with E-state index in [4.69, 9.17) is 18.9 Å². The summed E-state index contributed by atoms with van der Waals surface area (Å²) < 4.78 is 21.5. The quantitative estimate of drug-likeness (QED) is 0.186. The second kappa shape index (κ2) is 23.4. The molecule has 0 aromatic carbocycles. The summed E-state index contributed by atoms with van der Waals surface area (Å²) in [5, 5.41) is 0. The molecular weight excluding hydrogens is 344 g/mol. The highest BCUT2D eigenvalue weighted by atomic mass is 16.6. The number of unbranched alkanes of at least 4 members (excludes halogenated alkanes) is 9. The molecule has 0 amide bonds. The maximum atomic E-state index is 11.5. The molecule has 162 valence electrons. The largest absolute Gasteiger partial charge is 0.463 e. The molecule has 0 bridgehead atoms. The highest BCUT2D eigenvalue weighted by Crippen LogP contribution is 2.06. The van der Waals surface area contributed by atoms with E-state index >= 15 is 0 Å². The summed E-state index contributed by atoms with van der Waals surface area (Å²) >= 11 is 0. The lowest BCUT2D eigenvalue weighted by Gasteiger charge is -2.08. The molecule has 0 radical (unpaired) electrons. The van der Waals surface area contributed by atoms with Gasteiger partial charge in [0.1, 0.15) is 6.61 Å². The Balaban J connectivity index is 3.09. The number of hydrogen-bond acceptors (Lipinski definition) is 5. The van der Waals surface area contributed by atoms with Gasteiger partial charge in [0.05, 0.1) is 33.0 Å². The molecule has 0 unspecified atom stereocenters. The number of rotatable bonds is 22. The first-order valence-corrected chi connectivity index (χ1v) is 11.2. The van der Waals surface area contributed by atoms with E-state index in [1.165, 1.54) is 51.4 Å². The van der Waals surface area contributed by atoms with Gasteiger partial charge in [0.2, 0.25) is 0 Å². The minimum atomic E-state index is -0.117. The molecule has 27 heavy (non-hydrogen) atoms. The lowest BCUT2D eigenvalue weighted by molar-refractivity contribution is -0.145. The Hall–Kier alpha value is -0.650. The monoisotopic (exact) mass is 388 g/mol. The molecular formula is C22H44O5. The zero-order valence-corrected chi connectivity index (χ0v) is 18.0. The van der Waals surface area contributed by atoms with Gasteiger partial charge >= 0.3 is 5.97 Å². The van der Waals surface area contributed by atoms with Crippen LogP contribution in [0.2, 0.25) is 0 Å². The van der Waals surface area contributed by atoms with E-state index in [0.29, 0.717) is 46.1 Å². The van der Waals surface area contributed by atoms with Crippen LogP contribution in [0.15, 0.2) is 0 Å². The molecule has 0 aliphatic rings. The van der Waals surface area contributed by atoms with Crippen LogP contribution in [0.3, 0.4) is 0 Å². The molecule has 0 aromatic heterocycles. The Morgan fingerprint density at radius 2 is 0.963 bits per heavy atom. The van der Waals surface area contributed by atoms with E-state index in [9.17, 15) is 4.79 Å². The first-order valence-electron chi connectivity index (χ1n) is 11.2. The van der Waals surface area contributed by atoms with Crippen molar-refractivity contribution in [3.63, 3.8) is 0 Å². The molecule has 0 rings (SSSR count). The number of hydrogen-bond donors (Lipinski definition) is 0. The summed E-state index contributed by atoms with van der Waals surface area (Å²) in [5.41, 5.74) is 0. The summed E-state index contributed by atoms with van der Waals surface area (Å²) in [6.45, 7) is 8.32. The van der Waals surface area contributed by atoms with Gasteiger partial charge in [0.25, 0.3) is 0 Å². The molecule has 5 nitrogen and oxygen atoms in total. The molecule has 5 heteroatoms. The fourth-order valence-corrected chi connectivity index (χ4v) is 2.69. The van der Waals surface area contributed by atoms with E-state index in [2.05, 4.69) is 13.8 Å². The van der Waals surface area contributed by atoms with Crippen molar-refractivity contribution in [2.24, 2.45) is 0 Å². The molecule has 0 N–H and O–H groups in total. The molecule has 0 atom stereocenters. The zero-order chi connectivity index (χ0) is 19.8. The molecule has 0 aromatic rings. The summed E-state index contributed by atoms with van der Waals surface area (Å²) in [4.78, 5) is 11.5. The van der Waals surface area contributed by atoms with E-state index < -0.39 is 0 Å². The Kier molecular flexibility index (Phi) is 22.8. The van der Waals surface area contributed by atoms with Gasteiger partial charge in [-0.25, -0.2) is 0 Å². The third-order valence-corrected chi connectivity index (χ3v) is 4.36. The van der Waals surface area contributed by atoms with Crippen LogP contribution in [0, 0.1) is 0 Å². The SMILES string of the molecule is CCCCCCCCOCCOCCOCCOC(=O)CCCCCCC.